The van der Waals surface area contributed by atoms with Crippen molar-refractivity contribution in [2.24, 2.45) is 5.92 Å². The number of methoxy groups -OCH3 is 1. The standard InChI is InChI=1S/C21H26O2/c1-3-4-16-5-14-21(23-15-16)19-8-6-17(7-9-19)18-10-12-20(22-2)13-11-18/h6-13,16,21H,3-5,14-15H2,1-2H3. The average molecular weight is 310 g/mol. The Morgan fingerprint density at radius 3 is 2.13 bits per heavy atom. The average Bonchev–Trinajstić information content (AvgIpc) is 2.63. The minimum Gasteiger partial charge on any atom is -0.497 e. The number of rotatable bonds is 5. The Bertz CT molecular complexity index is 593. The van der Waals surface area contributed by atoms with E-state index >= 15 is 0 Å². The van der Waals surface area contributed by atoms with Crippen LogP contribution < -0.4 is 4.74 Å². The molecule has 0 bridgehead atoms. The summed E-state index contributed by atoms with van der Waals surface area (Å²) in [6.45, 7) is 3.17. The summed E-state index contributed by atoms with van der Waals surface area (Å²) in [4.78, 5) is 0. The zero-order valence-corrected chi connectivity index (χ0v) is 14.1. The molecule has 0 N–H and O–H groups in total. The lowest BCUT2D eigenvalue weighted by Gasteiger charge is -2.29. The lowest BCUT2D eigenvalue weighted by Crippen LogP contribution is -2.20. The van der Waals surface area contributed by atoms with Crippen molar-refractivity contribution in [3.8, 4) is 16.9 Å². The largest absolute Gasteiger partial charge is 0.497 e. The molecule has 2 unspecified atom stereocenters. The van der Waals surface area contributed by atoms with Crippen LogP contribution in [0.15, 0.2) is 48.5 Å². The monoisotopic (exact) mass is 310 g/mol. The fraction of sp³-hybridized carbons (Fsp3) is 0.429. The van der Waals surface area contributed by atoms with E-state index < -0.39 is 0 Å². The lowest BCUT2D eigenvalue weighted by atomic mass is 9.91. The Balaban J connectivity index is 1.65. The van der Waals surface area contributed by atoms with E-state index in [2.05, 4.69) is 43.3 Å². The number of hydrogen-bond donors (Lipinski definition) is 0. The van der Waals surface area contributed by atoms with E-state index in [4.69, 9.17) is 9.47 Å². The van der Waals surface area contributed by atoms with E-state index in [0.29, 0.717) is 0 Å². The van der Waals surface area contributed by atoms with Crippen LogP contribution in [0.3, 0.4) is 0 Å². The molecule has 1 aliphatic rings. The van der Waals surface area contributed by atoms with Gasteiger partial charge in [0.15, 0.2) is 0 Å². The summed E-state index contributed by atoms with van der Waals surface area (Å²) in [5.74, 6) is 1.65. The number of ether oxygens (including phenoxy) is 2. The van der Waals surface area contributed by atoms with Gasteiger partial charge in [-0.05, 0) is 54.0 Å². The Hall–Kier alpha value is -1.80. The van der Waals surface area contributed by atoms with E-state index in [-0.39, 0.29) is 6.10 Å². The van der Waals surface area contributed by atoms with E-state index in [1.165, 1.54) is 36.0 Å². The minimum absolute atomic E-state index is 0.271. The zero-order valence-electron chi connectivity index (χ0n) is 14.1. The molecular formula is C21H26O2. The molecule has 1 aliphatic heterocycles. The Morgan fingerprint density at radius 1 is 0.957 bits per heavy atom. The Kier molecular flexibility index (Phi) is 5.35. The number of hydrogen-bond acceptors (Lipinski definition) is 2. The van der Waals surface area contributed by atoms with Crippen molar-refractivity contribution in [1.29, 1.82) is 0 Å². The fourth-order valence-electron chi connectivity index (χ4n) is 3.38. The zero-order chi connectivity index (χ0) is 16.1. The summed E-state index contributed by atoms with van der Waals surface area (Å²) >= 11 is 0. The normalized spacial score (nSPS) is 21.1. The van der Waals surface area contributed by atoms with Gasteiger partial charge in [-0.3, -0.25) is 0 Å². The van der Waals surface area contributed by atoms with E-state index in [1.54, 1.807) is 7.11 Å². The lowest BCUT2D eigenvalue weighted by molar-refractivity contribution is -0.0194. The molecule has 2 aromatic carbocycles. The maximum absolute atomic E-state index is 6.09. The second-order valence-electron chi connectivity index (χ2n) is 6.40. The Labute approximate surface area is 139 Å². The summed E-state index contributed by atoms with van der Waals surface area (Å²) in [7, 11) is 1.69. The van der Waals surface area contributed by atoms with E-state index in [0.717, 1.165) is 24.7 Å². The third kappa shape index (κ3) is 3.94. The first-order chi connectivity index (χ1) is 11.3. The Morgan fingerprint density at radius 2 is 1.61 bits per heavy atom. The molecule has 2 nitrogen and oxygen atoms in total. The molecule has 2 aromatic rings. The van der Waals surface area contributed by atoms with Gasteiger partial charge in [-0.2, -0.15) is 0 Å². The molecule has 0 aromatic heterocycles. The van der Waals surface area contributed by atoms with Crippen LogP contribution in [0.4, 0.5) is 0 Å². The molecule has 0 saturated carbocycles. The molecule has 1 fully saturated rings. The first-order valence-electron chi connectivity index (χ1n) is 8.66. The van der Waals surface area contributed by atoms with Crippen molar-refractivity contribution < 1.29 is 9.47 Å². The summed E-state index contributed by atoms with van der Waals surface area (Å²) < 4.78 is 11.3. The second kappa shape index (κ2) is 7.65. The molecule has 2 atom stereocenters. The van der Waals surface area contributed by atoms with Gasteiger partial charge in [0.05, 0.1) is 19.8 Å². The smallest absolute Gasteiger partial charge is 0.118 e. The van der Waals surface area contributed by atoms with Gasteiger partial charge in [0.2, 0.25) is 0 Å². The van der Waals surface area contributed by atoms with E-state index in [1.807, 2.05) is 12.1 Å². The molecule has 0 amide bonds. The molecule has 0 spiro atoms. The van der Waals surface area contributed by atoms with Gasteiger partial charge in [-0.25, -0.2) is 0 Å². The third-order valence-corrected chi connectivity index (χ3v) is 4.77. The molecule has 0 aliphatic carbocycles. The van der Waals surface area contributed by atoms with Crippen LogP contribution in [0.25, 0.3) is 11.1 Å². The van der Waals surface area contributed by atoms with Gasteiger partial charge in [-0.1, -0.05) is 49.7 Å². The molecule has 3 rings (SSSR count). The fourth-order valence-corrected chi connectivity index (χ4v) is 3.38. The highest BCUT2D eigenvalue weighted by Crippen LogP contribution is 2.33. The molecule has 2 heteroatoms. The van der Waals surface area contributed by atoms with Gasteiger partial charge in [0.25, 0.3) is 0 Å². The second-order valence-corrected chi connectivity index (χ2v) is 6.40. The molecule has 0 radical (unpaired) electrons. The van der Waals surface area contributed by atoms with Gasteiger partial charge >= 0.3 is 0 Å². The minimum atomic E-state index is 0.271. The van der Waals surface area contributed by atoms with Crippen molar-refractivity contribution in [3.05, 3.63) is 54.1 Å². The molecular weight excluding hydrogens is 284 g/mol. The van der Waals surface area contributed by atoms with Gasteiger partial charge in [-0.15, -0.1) is 0 Å². The first-order valence-corrected chi connectivity index (χ1v) is 8.66. The number of benzene rings is 2. The van der Waals surface area contributed by atoms with Crippen LogP contribution in [0.5, 0.6) is 5.75 Å². The maximum atomic E-state index is 6.09. The van der Waals surface area contributed by atoms with Crippen LogP contribution in [-0.4, -0.2) is 13.7 Å². The molecule has 23 heavy (non-hydrogen) atoms. The van der Waals surface area contributed by atoms with Crippen LogP contribution in [0, 0.1) is 5.92 Å². The third-order valence-electron chi connectivity index (χ3n) is 4.77. The van der Waals surface area contributed by atoms with Crippen molar-refractivity contribution in [3.63, 3.8) is 0 Å². The topological polar surface area (TPSA) is 18.5 Å². The SMILES string of the molecule is CCCC1CCC(c2ccc(-c3ccc(OC)cc3)cc2)OC1. The maximum Gasteiger partial charge on any atom is 0.118 e. The van der Waals surface area contributed by atoms with Crippen molar-refractivity contribution >= 4 is 0 Å². The van der Waals surface area contributed by atoms with Gasteiger partial charge in [0.1, 0.15) is 5.75 Å². The summed E-state index contributed by atoms with van der Waals surface area (Å²) in [6, 6.07) is 17.0. The van der Waals surface area contributed by atoms with Crippen LogP contribution >= 0.6 is 0 Å². The summed E-state index contributed by atoms with van der Waals surface area (Å²) in [6.07, 6.45) is 5.26. The summed E-state index contributed by atoms with van der Waals surface area (Å²) in [5.41, 5.74) is 3.75. The van der Waals surface area contributed by atoms with Crippen molar-refractivity contribution in [2.75, 3.05) is 13.7 Å². The quantitative estimate of drug-likeness (QED) is 0.712. The predicted octanol–water partition coefficient (Wildman–Crippen LogP) is 5.63. The molecule has 1 saturated heterocycles. The van der Waals surface area contributed by atoms with Crippen molar-refractivity contribution in [2.45, 2.75) is 38.7 Å². The highest BCUT2D eigenvalue weighted by Gasteiger charge is 2.22. The van der Waals surface area contributed by atoms with Crippen molar-refractivity contribution in [1.82, 2.24) is 0 Å². The molecule has 122 valence electrons. The van der Waals surface area contributed by atoms with Gasteiger partial charge < -0.3 is 9.47 Å². The highest BCUT2D eigenvalue weighted by atomic mass is 16.5. The van der Waals surface area contributed by atoms with Crippen LogP contribution in [0.1, 0.15) is 44.3 Å². The van der Waals surface area contributed by atoms with Crippen LogP contribution in [0.2, 0.25) is 0 Å². The van der Waals surface area contributed by atoms with Crippen LogP contribution in [-0.2, 0) is 4.74 Å². The van der Waals surface area contributed by atoms with Gasteiger partial charge in [0, 0.05) is 0 Å². The predicted molar refractivity (Wildman–Crippen MR) is 94.8 cm³/mol. The van der Waals surface area contributed by atoms with E-state index in [9.17, 15) is 0 Å². The summed E-state index contributed by atoms with van der Waals surface area (Å²) in [5, 5.41) is 0. The molecule has 1 heterocycles. The first kappa shape index (κ1) is 16.1. The highest BCUT2D eigenvalue weighted by molar-refractivity contribution is 5.64.